The number of ether oxygens (including phenoxy) is 1. The second kappa shape index (κ2) is 11.2. The molecule has 0 aliphatic heterocycles. The molecule has 0 heterocycles. The van der Waals surface area contributed by atoms with Crippen LogP contribution in [0.2, 0.25) is 0 Å². The van der Waals surface area contributed by atoms with Crippen LogP contribution in [-0.2, 0) is 19.6 Å². The summed E-state index contributed by atoms with van der Waals surface area (Å²) in [7, 11) is -3.95. The van der Waals surface area contributed by atoms with Gasteiger partial charge in [0.05, 0.1) is 12.4 Å². The van der Waals surface area contributed by atoms with Crippen molar-refractivity contribution in [3.63, 3.8) is 0 Å². The number of hydrogen-bond donors (Lipinski definition) is 1. The van der Waals surface area contributed by atoms with E-state index in [4.69, 9.17) is 9.29 Å². The zero-order valence-corrected chi connectivity index (χ0v) is 12.6. The molecular weight excluding hydrogens is 268 g/mol. The standard InChI is InChI=1S/C13H26O5S/c1-2-3-4-5-6-7-8-10-13(14)18-11-9-12-19(15,16)17/h2-12H2,1H3,(H,15,16,17). The SMILES string of the molecule is CCCCCCCCCC(=O)OCCCS(=O)(=O)O. The van der Waals surface area contributed by atoms with Gasteiger partial charge in [-0.05, 0) is 12.8 Å². The van der Waals surface area contributed by atoms with Crippen LogP contribution >= 0.6 is 0 Å². The number of unbranched alkanes of at least 4 members (excludes halogenated alkanes) is 6. The van der Waals surface area contributed by atoms with Gasteiger partial charge in [0.2, 0.25) is 0 Å². The first-order valence-electron chi connectivity index (χ1n) is 7.06. The third-order valence-corrected chi connectivity index (χ3v) is 3.60. The van der Waals surface area contributed by atoms with Crippen LogP contribution in [0.5, 0.6) is 0 Å². The van der Waals surface area contributed by atoms with E-state index in [9.17, 15) is 13.2 Å². The molecule has 0 bridgehead atoms. The van der Waals surface area contributed by atoms with Gasteiger partial charge in [0, 0.05) is 6.42 Å². The predicted octanol–water partition coefficient (Wildman–Crippen LogP) is 2.95. The Morgan fingerprint density at radius 3 is 2.16 bits per heavy atom. The summed E-state index contributed by atoms with van der Waals surface area (Å²) in [5.41, 5.74) is 0. The highest BCUT2D eigenvalue weighted by atomic mass is 32.2. The van der Waals surface area contributed by atoms with Crippen molar-refractivity contribution in [3.8, 4) is 0 Å². The summed E-state index contributed by atoms with van der Waals surface area (Å²) in [6.45, 7) is 2.23. The molecule has 0 aliphatic rings. The van der Waals surface area contributed by atoms with Crippen molar-refractivity contribution >= 4 is 16.1 Å². The van der Waals surface area contributed by atoms with E-state index in [0.717, 1.165) is 19.3 Å². The molecule has 0 saturated heterocycles. The fourth-order valence-electron chi connectivity index (χ4n) is 1.73. The minimum absolute atomic E-state index is 0.0507. The van der Waals surface area contributed by atoms with Gasteiger partial charge >= 0.3 is 5.97 Å². The van der Waals surface area contributed by atoms with Crippen LogP contribution in [0.25, 0.3) is 0 Å². The molecule has 0 fully saturated rings. The van der Waals surface area contributed by atoms with Gasteiger partial charge in [-0.25, -0.2) is 0 Å². The normalized spacial score (nSPS) is 11.5. The summed E-state index contributed by atoms with van der Waals surface area (Å²) in [5.74, 6) is -0.651. The summed E-state index contributed by atoms with van der Waals surface area (Å²) >= 11 is 0. The van der Waals surface area contributed by atoms with E-state index in [-0.39, 0.29) is 24.7 Å². The number of carbonyl (C=O) groups excluding carboxylic acids is 1. The van der Waals surface area contributed by atoms with E-state index in [0.29, 0.717) is 6.42 Å². The predicted molar refractivity (Wildman–Crippen MR) is 74.6 cm³/mol. The molecule has 0 aromatic rings. The van der Waals surface area contributed by atoms with Gasteiger partial charge in [-0.1, -0.05) is 45.4 Å². The Bertz CT molecular complexity index is 324. The topological polar surface area (TPSA) is 80.7 Å². The molecule has 0 spiro atoms. The van der Waals surface area contributed by atoms with Crippen LogP contribution in [0.4, 0.5) is 0 Å². The van der Waals surface area contributed by atoms with Gasteiger partial charge in [0.15, 0.2) is 0 Å². The summed E-state index contributed by atoms with van der Waals surface area (Å²) in [5, 5.41) is 0. The zero-order valence-electron chi connectivity index (χ0n) is 11.8. The molecule has 0 aromatic carbocycles. The number of esters is 1. The first-order chi connectivity index (χ1) is 8.95. The Kier molecular flexibility index (Phi) is 10.9. The van der Waals surface area contributed by atoms with Gasteiger partial charge in [-0.15, -0.1) is 0 Å². The Labute approximate surface area is 116 Å². The first kappa shape index (κ1) is 18.4. The molecule has 0 saturated carbocycles. The Balaban J connectivity index is 3.31. The Morgan fingerprint density at radius 1 is 1.00 bits per heavy atom. The molecule has 0 aliphatic carbocycles. The van der Waals surface area contributed by atoms with Crippen LogP contribution in [0, 0.1) is 0 Å². The summed E-state index contributed by atoms with van der Waals surface area (Å²) in [6, 6.07) is 0. The highest BCUT2D eigenvalue weighted by Gasteiger charge is 2.06. The molecule has 5 nitrogen and oxygen atoms in total. The largest absolute Gasteiger partial charge is 0.466 e. The lowest BCUT2D eigenvalue weighted by Gasteiger charge is -2.04. The molecule has 0 aromatic heterocycles. The molecule has 0 atom stereocenters. The summed E-state index contributed by atoms with van der Waals surface area (Å²) < 4.78 is 34.2. The Morgan fingerprint density at radius 2 is 1.58 bits per heavy atom. The minimum Gasteiger partial charge on any atom is -0.466 e. The summed E-state index contributed by atoms with van der Waals surface area (Å²) in [6.07, 6.45) is 8.52. The molecule has 0 rings (SSSR count). The molecule has 6 heteroatoms. The van der Waals surface area contributed by atoms with Crippen molar-refractivity contribution < 1.29 is 22.5 Å². The molecule has 114 valence electrons. The van der Waals surface area contributed by atoms with Crippen LogP contribution in [-0.4, -0.2) is 31.3 Å². The van der Waals surface area contributed by atoms with Crippen molar-refractivity contribution in [2.24, 2.45) is 0 Å². The first-order valence-corrected chi connectivity index (χ1v) is 8.67. The van der Waals surface area contributed by atoms with Crippen molar-refractivity contribution in [2.75, 3.05) is 12.4 Å². The van der Waals surface area contributed by atoms with Crippen molar-refractivity contribution in [3.05, 3.63) is 0 Å². The van der Waals surface area contributed by atoms with Crippen molar-refractivity contribution in [2.45, 2.75) is 64.7 Å². The number of rotatable bonds is 12. The van der Waals surface area contributed by atoms with E-state index in [1.54, 1.807) is 0 Å². The maximum atomic E-state index is 11.3. The minimum atomic E-state index is -3.95. The van der Waals surface area contributed by atoms with Crippen molar-refractivity contribution in [1.29, 1.82) is 0 Å². The van der Waals surface area contributed by atoms with E-state index in [1.807, 2.05) is 0 Å². The van der Waals surface area contributed by atoms with Gasteiger partial charge in [0.1, 0.15) is 0 Å². The fourth-order valence-corrected chi connectivity index (χ4v) is 2.21. The molecule has 0 radical (unpaired) electrons. The fraction of sp³-hybridized carbons (Fsp3) is 0.923. The number of carbonyl (C=O) groups is 1. The van der Waals surface area contributed by atoms with E-state index >= 15 is 0 Å². The summed E-state index contributed by atoms with van der Waals surface area (Å²) in [4.78, 5) is 11.3. The molecule has 19 heavy (non-hydrogen) atoms. The molecule has 1 N–H and O–H groups in total. The van der Waals surface area contributed by atoms with Gasteiger partial charge in [-0.2, -0.15) is 8.42 Å². The second-order valence-corrected chi connectivity index (χ2v) is 6.30. The van der Waals surface area contributed by atoms with Crippen LogP contribution in [0.15, 0.2) is 0 Å². The van der Waals surface area contributed by atoms with Crippen LogP contribution in [0.3, 0.4) is 0 Å². The van der Waals surface area contributed by atoms with E-state index in [1.165, 1.54) is 25.7 Å². The van der Waals surface area contributed by atoms with Crippen LogP contribution in [0.1, 0.15) is 64.7 Å². The third-order valence-electron chi connectivity index (χ3n) is 2.79. The lowest BCUT2D eigenvalue weighted by Crippen LogP contribution is -2.10. The maximum Gasteiger partial charge on any atom is 0.305 e. The van der Waals surface area contributed by atoms with Crippen LogP contribution < -0.4 is 0 Å². The highest BCUT2D eigenvalue weighted by molar-refractivity contribution is 7.85. The quantitative estimate of drug-likeness (QED) is 0.340. The second-order valence-electron chi connectivity index (χ2n) is 4.73. The third kappa shape index (κ3) is 15.3. The zero-order chi connectivity index (χ0) is 14.6. The molecule has 0 unspecified atom stereocenters. The Hall–Kier alpha value is -0.620. The van der Waals surface area contributed by atoms with Gasteiger partial charge < -0.3 is 4.74 Å². The average molecular weight is 294 g/mol. The highest BCUT2D eigenvalue weighted by Crippen LogP contribution is 2.08. The lowest BCUT2D eigenvalue weighted by molar-refractivity contribution is -0.143. The monoisotopic (exact) mass is 294 g/mol. The smallest absolute Gasteiger partial charge is 0.305 e. The van der Waals surface area contributed by atoms with E-state index < -0.39 is 10.1 Å². The molecular formula is C13H26O5S. The lowest BCUT2D eigenvalue weighted by atomic mass is 10.1. The van der Waals surface area contributed by atoms with Gasteiger partial charge in [-0.3, -0.25) is 9.35 Å². The van der Waals surface area contributed by atoms with Crippen molar-refractivity contribution in [1.82, 2.24) is 0 Å². The van der Waals surface area contributed by atoms with E-state index in [2.05, 4.69) is 6.92 Å². The number of hydrogen-bond acceptors (Lipinski definition) is 4. The molecule has 0 amide bonds. The maximum absolute atomic E-state index is 11.3. The average Bonchev–Trinajstić information content (AvgIpc) is 2.32. The van der Waals surface area contributed by atoms with Gasteiger partial charge in [0.25, 0.3) is 10.1 Å².